The Morgan fingerprint density at radius 2 is 2.17 bits per heavy atom. The molecule has 2 aliphatic rings. The largest absolute Gasteiger partial charge is 0.381 e. The van der Waals surface area contributed by atoms with E-state index in [0.29, 0.717) is 44.2 Å². The lowest BCUT2D eigenvalue weighted by Gasteiger charge is -2.28. The summed E-state index contributed by atoms with van der Waals surface area (Å²) in [6.45, 7) is 2.69. The van der Waals surface area contributed by atoms with Crippen LogP contribution in [0.2, 0.25) is 0 Å². The molecular formula is C20H23N5O4S. The number of ether oxygens (including phenoxy) is 1. The minimum atomic E-state index is -3.71. The van der Waals surface area contributed by atoms with Crippen molar-refractivity contribution in [2.45, 2.75) is 24.4 Å². The van der Waals surface area contributed by atoms with Gasteiger partial charge in [0.2, 0.25) is 10.0 Å². The second-order valence-electron chi connectivity index (χ2n) is 7.76. The third-order valence-corrected chi connectivity index (χ3v) is 7.22. The van der Waals surface area contributed by atoms with Crippen LogP contribution in [0.25, 0.3) is 10.9 Å². The molecule has 1 fully saturated rings. The molecule has 1 saturated heterocycles. The van der Waals surface area contributed by atoms with Gasteiger partial charge in [0.05, 0.1) is 31.6 Å². The number of nitrogens with one attached hydrogen (secondary N) is 2. The van der Waals surface area contributed by atoms with E-state index in [4.69, 9.17) is 4.74 Å². The number of nitrogens with zero attached hydrogens (tertiary/aromatic N) is 3. The number of sulfonamides is 1. The van der Waals surface area contributed by atoms with E-state index < -0.39 is 10.0 Å². The van der Waals surface area contributed by atoms with Crippen molar-refractivity contribution in [1.29, 1.82) is 0 Å². The number of para-hydroxylation sites is 1. The molecule has 0 aliphatic carbocycles. The molecule has 10 heteroatoms. The standard InChI is InChI=1S/C20H23N5O4S/c26-20(17-9-15-3-1-2-4-16(15)23-17)24-6-7-25-18(12-24)19(11-21-25)30(27,28)22-10-14-5-8-29-13-14/h1-4,9,11,14,22-23H,5-8,10,12-13H2. The third kappa shape index (κ3) is 3.51. The van der Waals surface area contributed by atoms with Crippen molar-refractivity contribution in [2.24, 2.45) is 5.92 Å². The van der Waals surface area contributed by atoms with Gasteiger partial charge in [-0.2, -0.15) is 5.10 Å². The van der Waals surface area contributed by atoms with Gasteiger partial charge in [-0.1, -0.05) is 18.2 Å². The van der Waals surface area contributed by atoms with Crippen LogP contribution in [-0.2, 0) is 27.8 Å². The number of H-pyrrole nitrogens is 1. The number of amides is 1. The van der Waals surface area contributed by atoms with E-state index >= 15 is 0 Å². The van der Waals surface area contributed by atoms with Gasteiger partial charge in [0.25, 0.3) is 5.91 Å². The molecule has 0 spiro atoms. The van der Waals surface area contributed by atoms with Gasteiger partial charge in [-0.05, 0) is 24.5 Å². The molecular weight excluding hydrogens is 406 g/mol. The smallest absolute Gasteiger partial charge is 0.270 e. The van der Waals surface area contributed by atoms with Gasteiger partial charge in [-0.25, -0.2) is 13.1 Å². The molecule has 1 amide bonds. The van der Waals surface area contributed by atoms with Gasteiger partial charge in [0.1, 0.15) is 10.6 Å². The minimum Gasteiger partial charge on any atom is -0.381 e. The number of hydrogen-bond acceptors (Lipinski definition) is 5. The quantitative estimate of drug-likeness (QED) is 0.636. The summed E-state index contributed by atoms with van der Waals surface area (Å²) in [5.41, 5.74) is 1.92. The molecule has 4 heterocycles. The second kappa shape index (κ2) is 7.53. The van der Waals surface area contributed by atoms with Crippen LogP contribution in [0, 0.1) is 5.92 Å². The van der Waals surface area contributed by atoms with E-state index in [1.54, 1.807) is 9.58 Å². The molecule has 1 aromatic carbocycles. The normalized spacial score (nSPS) is 19.3. The number of benzene rings is 1. The van der Waals surface area contributed by atoms with Crippen LogP contribution in [0.1, 0.15) is 22.6 Å². The summed E-state index contributed by atoms with van der Waals surface area (Å²) in [5.74, 6) is 0.0318. The van der Waals surface area contributed by atoms with Gasteiger partial charge < -0.3 is 14.6 Å². The second-order valence-corrected chi connectivity index (χ2v) is 9.49. The van der Waals surface area contributed by atoms with Crippen LogP contribution in [0.4, 0.5) is 0 Å². The summed E-state index contributed by atoms with van der Waals surface area (Å²) in [7, 11) is -3.71. The van der Waals surface area contributed by atoms with Gasteiger partial charge >= 0.3 is 0 Å². The van der Waals surface area contributed by atoms with E-state index in [2.05, 4.69) is 14.8 Å². The minimum absolute atomic E-state index is 0.135. The van der Waals surface area contributed by atoms with Crippen molar-refractivity contribution < 1.29 is 17.9 Å². The molecule has 1 atom stereocenters. The number of carbonyl (C=O) groups is 1. The lowest BCUT2D eigenvalue weighted by Crippen LogP contribution is -2.39. The highest BCUT2D eigenvalue weighted by Crippen LogP contribution is 2.24. The Morgan fingerprint density at radius 1 is 1.30 bits per heavy atom. The van der Waals surface area contributed by atoms with Gasteiger partial charge in [-0.3, -0.25) is 9.48 Å². The average molecular weight is 430 g/mol. The molecule has 158 valence electrons. The maximum atomic E-state index is 13.0. The molecule has 0 saturated carbocycles. The molecule has 2 aliphatic heterocycles. The monoisotopic (exact) mass is 429 g/mol. The Hall–Kier alpha value is -2.69. The summed E-state index contributed by atoms with van der Waals surface area (Å²) in [5, 5.41) is 5.20. The summed E-state index contributed by atoms with van der Waals surface area (Å²) >= 11 is 0. The van der Waals surface area contributed by atoms with Crippen molar-refractivity contribution in [3.05, 3.63) is 47.9 Å². The fourth-order valence-corrected chi connectivity index (χ4v) is 5.30. The molecule has 0 bridgehead atoms. The Bertz CT molecular complexity index is 1160. The Balaban J connectivity index is 1.35. The molecule has 9 nitrogen and oxygen atoms in total. The lowest BCUT2D eigenvalue weighted by atomic mass is 10.1. The zero-order chi connectivity index (χ0) is 20.7. The van der Waals surface area contributed by atoms with Crippen LogP contribution in [0.15, 0.2) is 41.4 Å². The number of carbonyl (C=O) groups excluding carboxylic acids is 1. The molecule has 3 aromatic rings. The topological polar surface area (TPSA) is 109 Å². The van der Waals surface area contributed by atoms with Crippen LogP contribution < -0.4 is 4.72 Å². The van der Waals surface area contributed by atoms with Crippen LogP contribution in [-0.4, -0.2) is 60.3 Å². The van der Waals surface area contributed by atoms with E-state index in [1.807, 2.05) is 30.3 Å². The fourth-order valence-electron chi connectivity index (χ4n) is 4.03. The first-order valence-electron chi connectivity index (χ1n) is 10.0. The zero-order valence-corrected chi connectivity index (χ0v) is 17.2. The summed E-state index contributed by atoms with van der Waals surface area (Å²) in [6.07, 6.45) is 2.22. The predicted octanol–water partition coefficient (Wildman–Crippen LogP) is 1.34. The van der Waals surface area contributed by atoms with E-state index in [-0.39, 0.29) is 23.3 Å². The summed E-state index contributed by atoms with van der Waals surface area (Å²) in [6, 6.07) is 9.52. The molecule has 2 aromatic heterocycles. The summed E-state index contributed by atoms with van der Waals surface area (Å²) < 4.78 is 35.4. The highest BCUT2D eigenvalue weighted by Gasteiger charge is 2.31. The van der Waals surface area contributed by atoms with E-state index in [0.717, 1.165) is 17.3 Å². The Morgan fingerprint density at radius 3 is 2.97 bits per heavy atom. The summed E-state index contributed by atoms with van der Waals surface area (Å²) in [4.78, 5) is 18.0. The molecule has 30 heavy (non-hydrogen) atoms. The van der Waals surface area contributed by atoms with E-state index in [1.165, 1.54) is 6.20 Å². The first-order valence-corrected chi connectivity index (χ1v) is 11.5. The van der Waals surface area contributed by atoms with Gasteiger partial charge in [0.15, 0.2) is 0 Å². The van der Waals surface area contributed by atoms with Crippen molar-refractivity contribution in [3.8, 4) is 0 Å². The fraction of sp³-hybridized carbons (Fsp3) is 0.400. The number of hydrogen-bond donors (Lipinski definition) is 2. The zero-order valence-electron chi connectivity index (χ0n) is 16.4. The molecule has 0 radical (unpaired) electrons. The van der Waals surface area contributed by atoms with Crippen LogP contribution >= 0.6 is 0 Å². The number of fused-ring (bicyclic) bond motifs is 2. The maximum Gasteiger partial charge on any atom is 0.270 e. The van der Waals surface area contributed by atoms with Gasteiger partial charge in [-0.15, -0.1) is 0 Å². The van der Waals surface area contributed by atoms with Crippen molar-refractivity contribution in [1.82, 2.24) is 24.4 Å². The van der Waals surface area contributed by atoms with Crippen LogP contribution in [0.5, 0.6) is 0 Å². The predicted molar refractivity (Wildman–Crippen MR) is 109 cm³/mol. The van der Waals surface area contributed by atoms with E-state index in [9.17, 15) is 13.2 Å². The van der Waals surface area contributed by atoms with Crippen LogP contribution in [0.3, 0.4) is 0 Å². The SMILES string of the molecule is O=C(c1cc2ccccc2[nH]1)N1CCn2ncc(S(=O)(=O)NCC3CCOC3)c2C1. The number of aromatic amines is 1. The highest BCUT2D eigenvalue weighted by molar-refractivity contribution is 7.89. The van der Waals surface area contributed by atoms with Crippen molar-refractivity contribution in [3.63, 3.8) is 0 Å². The molecule has 5 rings (SSSR count). The molecule has 1 unspecified atom stereocenters. The van der Waals surface area contributed by atoms with Gasteiger partial charge in [0, 0.05) is 30.6 Å². The Labute approximate surface area is 174 Å². The lowest BCUT2D eigenvalue weighted by molar-refractivity contribution is 0.0698. The maximum absolute atomic E-state index is 13.0. The van der Waals surface area contributed by atoms with Crippen molar-refractivity contribution >= 4 is 26.8 Å². The molecule has 2 N–H and O–H groups in total. The first-order chi connectivity index (χ1) is 14.5. The number of aromatic nitrogens is 3. The first kappa shape index (κ1) is 19.3. The third-order valence-electron chi connectivity index (χ3n) is 5.76. The van der Waals surface area contributed by atoms with Crippen molar-refractivity contribution in [2.75, 3.05) is 26.3 Å². The Kier molecular flexibility index (Phi) is 4.84. The number of rotatable bonds is 5. The highest BCUT2D eigenvalue weighted by atomic mass is 32.2. The average Bonchev–Trinajstić information content (AvgIpc) is 3.50.